The molecule has 2 aromatic rings. The number of hydrogen-bond donors (Lipinski definition) is 0. The highest BCUT2D eigenvalue weighted by molar-refractivity contribution is 5.91. The minimum atomic E-state index is -0.681. The SMILES string of the molecule is COc1ccc(C(=O)Oc2ccc(/C=C/C(=O)OCCC#N)c(F)c2)cc1. The second kappa shape index (κ2) is 9.73. The Morgan fingerprint density at radius 1 is 1.15 bits per heavy atom. The fourth-order valence-corrected chi connectivity index (χ4v) is 2.00. The lowest BCUT2D eigenvalue weighted by Gasteiger charge is -2.06. The topological polar surface area (TPSA) is 85.6 Å². The van der Waals surface area contributed by atoms with E-state index in [4.69, 9.17) is 19.5 Å². The van der Waals surface area contributed by atoms with E-state index in [1.807, 2.05) is 6.07 Å². The van der Waals surface area contributed by atoms with Gasteiger partial charge in [0.15, 0.2) is 0 Å². The minimum Gasteiger partial charge on any atom is -0.497 e. The number of benzene rings is 2. The number of ether oxygens (including phenoxy) is 3. The molecule has 0 unspecified atom stereocenters. The lowest BCUT2D eigenvalue weighted by atomic mass is 10.2. The first-order valence-corrected chi connectivity index (χ1v) is 7.91. The van der Waals surface area contributed by atoms with E-state index in [1.54, 1.807) is 12.1 Å². The lowest BCUT2D eigenvalue weighted by Crippen LogP contribution is -2.08. The van der Waals surface area contributed by atoms with Gasteiger partial charge in [0.05, 0.1) is 25.2 Å². The molecule has 0 fully saturated rings. The zero-order valence-electron chi connectivity index (χ0n) is 14.5. The zero-order chi connectivity index (χ0) is 19.6. The van der Waals surface area contributed by atoms with E-state index in [2.05, 4.69) is 0 Å². The van der Waals surface area contributed by atoms with Crippen molar-refractivity contribution >= 4 is 18.0 Å². The molecule has 2 rings (SSSR count). The van der Waals surface area contributed by atoms with Crippen molar-refractivity contribution in [1.82, 2.24) is 0 Å². The molecular weight excluding hydrogens is 353 g/mol. The summed E-state index contributed by atoms with van der Waals surface area (Å²) in [6.07, 6.45) is 2.38. The molecule has 7 heteroatoms. The predicted molar refractivity (Wildman–Crippen MR) is 94.6 cm³/mol. The second-order valence-corrected chi connectivity index (χ2v) is 5.21. The fourth-order valence-electron chi connectivity index (χ4n) is 2.00. The molecule has 0 atom stereocenters. The quantitative estimate of drug-likeness (QED) is 0.321. The Morgan fingerprint density at radius 3 is 2.48 bits per heavy atom. The van der Waals surface area contributed by atoms with Crippen molar-refractivity contribution in [3.63, 3.8) is 0 Å². The number of methoxy groups -OCH3 is 1. The number of carbonyl (C=O) groups is 2. The molecule has 0 amide bonds. The summed E-state index contributed by atoms with van der Waals surface area (Å²) in [5.41, 5.74) is 0.414. The van der Waals surface area contributed by atoms with Crippen molar-refractivity contribution in [2.45, 2.75) is 6.42 Å². The summed E-state index contributed by atoms with van der Waals surface area (Å²) in [6.45, 7) is -0.0254. The van der Waals surface area contributed by atoms with Gasteiger partial charge in [-0.3, -0.25) is 0 Å². The Hall–Kier alpha value is -3.66. The van der Waals surface area contributed by atoms with Gasteiger partial charge >= 0.3 is 11.9 Å². The third kappa shape index (κ3) is 5.97. The average molecular weight is 369 g/mol. The third-order valence-electron chi connectivity index (χ3n) is 3.37. The first-order valence-electron chi connectivity index (χ1n) is 7.91. The maximum Gasteiger partial charge on any atom is 0.343 e. The van der Waals surface area contributed by atoms with E-state index in [9.17, 15) is 14.0 Å². The lowest BCUT2D eigenvalue weighted by molar-refractivity contribution is -0.137. The number of nitrogens with zero attached hydrogens (tertiary/aromatic N) is 1. The third-order valence-corrected chi connectivity index (χ3v) is 3.37. The highest BCUT2D eigenvalue weighted by Gasteiger charge is 2.10. The van der Waals surface area contributed by atoms with Crippen LogP contribution < -0.4 is 9.47 Å². The van der Waals surface area contributed by atoms with Crippen LogP contribution in [-0.4, -0.2) is 25.7 Å². The number of hydrogen-bond acceptors (Lipinski definition) is 6. The molecule has 0 bridgehead atoms. The van der Waals surface area contributed by atoms with Gasteiger partial charge < -0.3 is 14.2 Å². The molecular formula is C20H16FNO5. The van der Waals surface area contributed by atoms with Crippen LogP contribution in [0.15, 0.2) is 48.5 Å². The second-order valence-electron chi connectivity index (χ2n) is 5.21. The van der Waals surface area contributed by atoms with Crippen molar-refractivity contribution in [3.8, 4) is 17.6 Å². The highest BCUT2D eigenvalue weighted by atomic mass is 19.1. The van der Waals surface area contributed by atoms with Crippen LogP contribution in [0, 0.1) is 17.1 Å². The van der Waals surface area contributed by atoms with Gasteiger partial charge in [0, 0.05) is 17.7 Å². The van der Waals surface area contributed by atoms with E-state index >= 15 is 0 Å². The average Bonchev–Trinajstić information content (AvgIpc) is 2.67. The van der Waals surface area contributed by atoms with Crippen LogP contribution in [0.4, 0.5) is 4.39 Å². The fraction of sp³-hybridized carbons (Fsp3) is 0.150. The first-order chi connectivity index (χ1) is 13.0. The van der Waals surface area contributed by atoms with Crippen LogP contribution in [0.1, 0.15) is 22.3 Å². The van der Waals surface area contributed by atoms with Crippen molar-refractivity contribution in [3.05, 3.63) is 65.5 Å². The molecule has 0 saturated heterocycles. The Bertz CT molecular complexity index is 884. The molecule has 0 saturated carbocycles. The van der Waals surface area contributed by atoms with E-state index in [0.29, 0.717) is 11.3 Å². The van der Waals surface area contributed by atoms with Crippen molar-refractivity contribution < 1.29 is 28.2 Å². The number of esters is 2. The van der Waals surface area contributed by atoms with Crippen molar-refractivity contribution in [2.24, 2.45) is 0 Å². The van der Waals surface area contributed by atoms with E-state index in [1.165, 1.54) is 37.5 Å². The minimum absolute atomic E-state index is 0.0254. The number of carbonyl (C=O) groups excluding carboxylic acids is 2. The van der Waals surface area contributed by atoms with E-state index in [0.717, 1.165) is 12.1 Å². The maximum atomic E-state index is 14.1. The highest BCUT2D eigenvalue weighted by Crippen LogP contribution is 2.20. The van der Waals surface area contributed by atoms with Gasteiger partial charge in [-0.25, -0.2) is 14.0 Å². The molecule has 138 valence electrons. The summed E-state index contributed by atoms with van der Waals surface area (Å²) in [5.74, 6) is -1.36. The largest absolute Gasteiger partial charge is 0.497 e. The number of halogens is 1. The van der Waals surface area contributed by atoms with E-state index in [-0.39, 0.29) is 24.3 Å². The van der Waals surface area contributed by atoms with Gasteiger partial charge in [-0.05, 0) is 42.5 Å². The monoisotopic (exact) mass is 369 g/mol. The number of rotatable bonds is 7. The van der Waals surface area contributed by atoms with Gasteiger partial charge in [0.2, 0.25) is 0 Å². The van der Waals surface area contributed by atoms with Gasteiger partial charge in [0.1, 0.15) is 23.9 Å². The molecule has 2 aromatic carbocycles. The molecule has 0 radical (unpaired) electrons. The van der Waals surface area contributed by atoms with Gasteiger partial charge in [-0.1, -0.05) is 0 Å². The Kier molecular flexibility index (Phi) is 7.08. The van der Waals surface area contributed by atoms with Crippen molar-refractivity contribution in [1.29, 1.82) is 5.26 Å². The summed E-state index contributed by atoms with van der Waals surface area (Å²) in [6, 6.07) is 11.9. The van der Waals surface area contributed by atoms with Crippen LogP contribution in [-0.2, 0) is 9.53 Å². The van der Waals surface area contributed by atoms with Crippen LogP contribution in [0.3, 0.4) is 0 Å². The summed E-state index contributed by atoms with van der Waals surface area (Å²) in [4.78, 5) is 23.5. The molecule has 0 aliphatic carbocycles. The Morgan fingerprint density at radius 2 is 1.85 bits per heavy atom. The van der Waals surface area contributed by atoms with Crippen LogP contribution in [0.25, 0.3) is 6.08 Å². The summed E-state index contributed by atoms with van der Waals surface area (Å²) < 4.78 is 29.0. The summed E-state index contributed by atoms with van der Waals surface area (Å²) >= 11 is 0. The number of nitriles is 1. The van der Waals surface area contributed by atoms with Crippen LogP contribution in [0.5, 0.6) is 11.5 Å². The molecule has 0 aliphatic heterocycles. The van der Waals surface area contributed by atoms with Crippen molar-refractivity contribution in [2.75, 3.05) is 13.7 Å². The Balaban J connectivity index is 2.00. The molecule has 27 heavy (non-hydrogen) atoms. The van der Waals surface area contributed by atoms with E-state index < -0.39 is 17.8 Å². The first kappa shape index (κ1) is 19.7. The molecule has 6 nitrogen and oxygen atoms in total. The predicted octanol–water partition coefficient (Wildman–Crippen LogP) is 3.52. The smallest absolute Gasteiger partial charge is 0.343 e. The van der Waals surface area contributed by atoms with Crippen LogP contribution >= 0.6 is 0 Å². The summed E-state index contributed by atoms with van der Waals surface area (Å²) in [5, 5.41) is 8.36. The molecule has 0 aliphatic rings. The molecule has 0 spiro atoms. The van der Waals surface area contributed by atoms with Gasteiger partial charge in [-0.2, -0.15) is 5.26 Å². The Labute approximate surface area is 155 Å². The molecule has 0 heterocycles. The normalized spacial score (nSPS) is 10.3. The molecule has 0 aromatic heterocycles. The molecule has 0 N–H and O–H groups in total. The zero-order valence-corrected chi connectivity index (χ0v) is 14.5. The standard InChI is InChI=1S/C20H16FNO5/c1-25-16-7-4-15(5-8-16)20(24)27-17-9-3-14(18(21)13-17)6-10-19(23)26-12-2-11-22/h3-10,13H,2,12H2,1H3/b10-6+. The van der Waals surface area contributed by atoms with Crippen LogP contribution in [0.2, 0.25) is 0 Å². The van der Waals surface area contributed by atoms with Gasteiger partial charge in [-0.15, -0.1) is 0 Å². The van der Waals surface area contributed by atoms with Gasteiger partial charge in [0.25, 0.3) is 0 Å². The summed E-state index contributed by atoms with van der Waals surface area (Å²) in [7, 11) is 1.51. The maximum absolute atomic E-state index is 14.1.